The number of ether oxygens (including phenoxy) is 1. The number of carboxylic acid groups (broad SMARTS) is 1. The molecule has 6 heteroatoms. The van der Waals surface area contributed by atoms with Gasteiger partial charge in [-0.15, -0.1) is 0 Å². The first-order valence-electron chi connectivity index (χ1n) is 6.22. The zero-order valence-corrected chi connectivity index (χ0v) is 11.5. The molecule has 1 unspecified atom stereocenters. The van der Waals surface area contributed by atoms with E-state index in [0.29, 0.717) is 5.92 Å². The summed E-state index contributed by atoms with van der Waals surface area (Å²) >= 11 is 0. The molecule has 0 saturated carbocycles. The van der Waals surface area contributed by atoms with Crippen LogP contribution in [0.25, 0.3) is 0 Å². The fraction of sp³-hybridized carbons (Fsp3) is 0.500. The number of alkyl halides is 3. The van der Waals surface area contributed by atoms with E-state index in [2.05, 4.69) is 0 Å². The molecular formula is C14H17F3O3. The summed E-state index contributed by atoms with van der Waals surface area (Å²) in [4.78, 5) is 10.9. The molecule has 0 fully saturated rings. The number of hydrogen-bond donors (Lipinski definition) is 1. The summed E-state index contributed by atoms with van der Waals surface area (Å²) in [7, 11) is 0. The van der Waals surface area contributed by atoms with Crippen LogP contribution >= 0.6 is 0 Å². The maximum absolute atomic E-state index is 12.7. The average Bonchev–Trinajstić information content (AvgIpc) is 2.25. The number of carboxylic acids is 1. The monoisotopic (exact) mass is 290 g/mol. The van der Waals surface area contributed by atoms with Gasteiger partial charge in [-0.05, 0) is 37.5 Å². The molecule has 0 amide bonds. The minimum Gasteiger partial charge on any atom is -0.491 e. The fourth-order valence-electron chi connectivity index (χ4n) is 1.97. The number of aromatic carboxylic acids is 1. The molecule has 0 radical (unpaired) electrons. The molecule has 1 aromatic rings. The molecular weight excluding hydrogens is 273 g/mol. The van der Waals surface area contributed by atoms with Crippen LogP contribution < -0.4 is 4.74 Å². The Kier molecular flexibility index (Phi) is 5.03. The predicted octanol–water partition coefficient (Wildman–Crippen LogP) is 4.22. The lowest BCUT2D eigenvalue weighted by molar-refractivity contribution is -0.138. The van der Waals surface area contributed by atoms with Gasteiger partial charge in [0.1, 0.15) is 5.75 Å². The van der Waals surface area contributed by atoms with Crippen molar-refractivity contribution in [1.29, 1.82) is 0 Å². The second kappa shape index (κ2) is 6.15. The molecule has 0 spiro atoms. The largest absolute Gasteiger partial charge is 0.491 e. The van der Waals surface area contributed by atoms with Gasteiger partial charge in [0.2, 0.25) is 0 Å². The summed E-state index contributed by atoms with van der Waals surface area (Å²) < 4.78 is 43.5. The van der Waals surface area contributed by atoms with Crippen LogP contribution in [0, 0.1) is 5.92 Å². The van der Waals surface area contributed by atoms with Crippen molar-refractivity contribution in [2.24, 2.45) is 5.92 Å². The van der Waals surface area contributed by atoms with Gasteiger partial charge in [-0.1, -0.05) is 13.8 Å². The fourth-order valence-corrected chi connectivity index (χ4v) is 1.97. The van der Waals surface area contributed by atoms with Gasteiger partial charge in [0.05, 0.1) is 17.2 Å². The van der Waals surface area contributed by atoms with Crippen LogP contribution in [0.5, 0.6) is 5.75 Å². The summed E-state index contributed by atoms with van der Waals surface area (Å²) in [5, 5.41) is 8.88. The highest BCUT2D eigenvalue weighted by Crippen LogP contribution is 2.34. The van der Waals surface area contributed by atoms with Crippen LogP contribution in [-0.4, -0.2) is 17.2 Å². The molecule has 112 valence electrons. The lowest BCUT2D eigenvalue weighted by atomic mass is 10.1. The molecule has 1 atom stereocenters. The minimum atomic E-state index is -4.70. The quantitative estimate of drug-likeness (QED) is 0.883. The van der Waals surface area contributed by atoms with Gasteiger partial charge in [-0.25, -0.2) is 4.79 Å². The number of carbonyl (C=O) groups is 1. The maximum Gasteiger partial charge on any atom is 0.417 e. The second-order valence-electron chi connectivity index (χ2n) is 5.07. The van der Waals surface area contributed by atoms with E-state index in [1.54, 1.807) is 6.92 Å². The zero-order chi connectivity index (χ0) is 15.5. The molecule has 1 aromatic carbocycles. The van der Waals surface area contributed by atoms with Crippen LogP contribution in [0.15, 0.2) is 18.2 Å². The van der Waals surface area contributed by atoms with E-state index in [4.69, 9.17) is 9.84 Å². The number of hydrogen-bond acceptors (Lipinski definition) is 2. The van der Waals surface area contributed by atoms with Crippen molar-refractivity contribution in [3.63, 3.8) is 0 Å². The molecule has 0 saturated heterocycles. The topological polar surface area (TPSA) is 46.5 Å². The molecule has 1 N–H and O–H groups in total. The number of benzene rings is 1. The first-order chi connectivity index (χ1) is 9.11. The molecule has 0 heterocycles. The van der Waals surface area contributed by atoms with E-state index >= 15 is 0 Å². The van der Waals surface area contributed by atoms with Crippen molar-refractivity contribution in [3.05, 3.63) is 29.3 Å². The Bertz CT molecular complexity index is 481. The Morgan fingerprint density at radius 2 is 1.90 bits per heavy atom. The highest BCUT2D eigenvalue weighted by molar-refractivity contribution is 5.90. The van der Waals surface area contributed by atoms with Crippen LogP contribution in [0.4, 0.5) is 13.2 Å². The number of rotatable bonds is 5. The van der Waals surface area contributed by atoms with E-state index in [1.165, 1.54) is 0 Å². The van der Waals surface area contributed by atoms with E-state index in [0.717, 1.165) is 24.6 Å². The molecule has 20 heavy (non-hydrogen) atoms. The third-order valence-electron chi connectivity index (χ3n) is 2.67. The normalized spacial score (nSPS) is 13.3. The Balaban J connectivity index is 3.02. The lowest BCUT2D eigenvalue weighted by Gasteiger charge is -2.18. The van der Waals surface area contributed by atoms with Gasteiger partial charge in [-0.3, -0.25) is 0 Å². The average molecular weight is 290 g/mol. The SMILES string of the molecule is CC(C)CC(C)Oc1ccc(C(F)(F)F)c(C(=O)O)c1. The molecule has 0 aliphatic heterocycles. The predicted molar refractivity (Wildman–Crippen MR) is 67.9 cm³/mol. The van der Waals surface area contributed by atoms with Crippen molar-refractivity contribution in [1.82, 2.24) is 0 Å². The van der Waals surface area contributed by atoms with Crippen molar-refractivity contribution in [2.45, 2.75) is 39.5 Å². The first kappa shape index (κ1) is 16.3. The summed E-state index contributed by atoms with van der Waals surface area (Å²) in [5.74, 6) is -1.12. The standard InChI is InChI=1S/C14H17F3O3/c1-8(2)6-9(3)20-10-4-5-12(14(15,16)17)11(7-10)13(18)19/h4-5,7-9H,6H2,1-3H3,(H,18,19). The Morgan fingerprint density at radius 1 is 1.30 bits per heavy atom. The molecule has 0 aliphatic rings. The van der Waals surface area contributed by atoms with Crippen molar-refractivity contribution in [2.75, 3.05) is 0 Å². The van der Waals surface area contributed by atoms with E-state index in [9.17, 15) is 18.0 Å². The van der Waals surface area contributed by atoms with E-state index in [1.807, 2.05) is 13.8 Å². The molecule has 0 aliphatic carbocycles. The van der Waals surface area contributed by atoms with Gasteiger partial charge in [0.25, 0.3) is 0 Å². The van der Waals surface area contributed by atoms with Crippen LogP contribution in [0.1, 0.15) is 43.1 Å². The third-order valence-corrected chi connectivity index (χ3v) is 2.67. The van der Waals surface area contributed by atoms with Gasteiger partial charge in [0, 0.05) is 0 Å². The van der Waals surface area contributed by atoms with Crippen LogP contribution in [0.3, 0.4) is 0 Å². The first-order valence-corrected chi connectivity index (χ1v) is 6.22. The Hall–Kier alpha value is -1.72. The maximum atomic E-state index is 12.7. The minimum absolute atomic E-state index is 0.128. The van der Waals surface area contributed by atoms with Gasteiger partial charge < -0.3 is 9.84 Å². The van der Waals surface area contributed by atoms with Gasteiger partial charge >= 0.3 is 12.1 Å². The smallest absolute Gasteiger partial charge is 0.417 e. The molecule has 0 bridgehead atoms. The van der Waals surface area contributed by atoms with E-state index < -0.39 is 23.3 Å². The molecule has 3 nitrogen and oxygen atoms in total. The van der Waals surface area contributed by atoms with Gasteiger partial charge in [0.15, 0.2) is 0 Å². The zero-order valence-electron chi connectivity index (χ0n) is 11.5. The summed E-state index contributed by atoms with van der Waals surface area (Å²) in [6.45, 7) is 5.78. The van der Waals surface area contributed by atoms with Crippen molar-refractivity contribution in [3.8, 4) is 5.75 Å². The summed E-state index contributed by atoms with van der Waals surface area (Å²) in [6, 6.07) is 2.80. The Morgan fingerprint density at radius 3 is 2.35 bits per heavy atom. The lowest BCUT2D eigenvalue weighted by Crippen LogP contribution is -2.16. The summed E-state index contributed by atoms with van der Waals surface area (Å²) in [5.41, 5.74) is -1.97. The van der Waals surface area contributed by atoms with Crippen molar-refractivity contribution >= 4 is 5.97 Å². The highest BCUT2D eigenvalue weighted by Gasteiger charge is 2.35. The number of halogens is 3. The van der Waals surface area contributed by atoms with Crippen LogP contribution in [0.2, 0.25) is 0 Å². The van der Waals surface area contributed by atoms with E-state index in [-0.39, 0.29) is 11.9 Å². The Labute approximate surface area is 115 Å². The molecule has 1 rings (SSSR count). The van der Waals surface area contributed by atoms with Crippen molar-refractivity contribution < 1.29 is 27.8 Å². The third kappa shape index (κ3) is 4.43. The van der Waals surface area contributed by atoms with Crippen LogP contribution in [-0.2, 0) is 6.18 Å². The molecule has 0 aromatic heterocycles. The second-order valence-corrected chi connectivity index (χ2v) is 5.07. The highest BCUT2D eigenvalue weighted by atomic mass is 19.4. The summed E-state index contributed by atoms with van der Waals surface area (Å²) in [6.07, 6.45) is -4.17. The van der Waals surface area contributed by atoms with Gasteiger partial charge in [-0.2, -0.15) is 13.2 Å².